The summed E-state index contributed by atoms with van der Waals surface area (Å²) in [5.74, 6) is -0.258. The number of hydrogen-bond donors (Lipinski definition) is 1. The standard InChI is InChI=1S/C26H26FNO2/c27-24-12-10-23(11-13-24)26(14-5-15-26)25(29)28-17-21-8-4-9-22(16-21)19-30-18-20-6-2-1-3-7-20/h1-4,6-13,16H,5,14-15,17-19H2,(H,28,29). The van der Waals surface area contributed by atoms with Gasteiger partial charge in [-0.2, -0.15) is 0 Å². The highest BCUT2D eigenvalue weighted by molar-refractivity contribution is 5.89. The lowest BCUT2D eigenvalue weighted by atomic mass is 9.64. The van der Waals surface area contributed by atoms with Gasteiger partial charge in [-0.15, -0.1) is 0 Å². The number of benzene rings is 3. The minimum atomic E-state index is -0.524. The van der Waals surface area contributed by atoms with Crippen LogP contribution in [0.2, 0.25) is 0 Å². The maximum atomic E-state index is 13.3. The Bertz CT molecular complexity index is 981. The zero-order valence-corrected chi connectivity index (χ0v) is 16.9. The fourth-order valence-electron chi connectivity index (χ4n) is 3.99. The van der Waals surface area contributed by atoms with E-state index in [0.29, 0.717) is 19.8 Å². The molecule has 0 radical (unpaired) electrons. The summed E-state index contributed by atoms with van der Waals surface area (Å²) in [7, 11) is 0. The molecule has 0 spiro atoms. The monoisotopic (exact) mass is 403 g/mol. The van der Waals surface area contributed by atoms with Gasteiger partial charge in [-0.25, -0.2) is 4.39 Å². The van der Waals surface area contributed by atoms with Crippen molar-refractivity contribution in [2.75, 3.05) is 0 Å². The van der Waals surface area contributed by atoms with Crippen LogP contribution in [0.25, 0.3) is 0 Å². The highest BCUT2D eigenvalue weighted by atomic mass is 19.1. The molecule has 3 aromatic carbocycles. The lowest BCUT2D eigenvalue weighted by molar-refractivity contribution is -0.130. The maximum Gasteiger partial charge on any atom is 0.230 e. The zero-order valence-electron chi connectivity index (χ0n) is 16.9. The summed E-state index contributed by atoms with van der Waals surface area (Å²) in [6.07, 6.45) is 2.62. The van der Waals surface area contributed by atoms with Crippen LogP contribution in [0.1, 0.15) is 41.5 Å². The van der Waals surface area contributed by atoms with E-state index in [1.165, 1.54) is 12.1 Å². The van der Waals surface area contributed by atoms with E-state index >= 15 is 0 Å². The van der Waals surface area contributed by atoms with Gasteiger partial charge in [-0.1, -0.05) is 73.2 Å². The average Bonchev–Trinajstić information content (AvgIpc) is 2.74. The maximum absolute atomic E-state index is 13.3. The number of amides is 1. The van der Waals surface area contributed by atoms with Crippen molar-refractivity contribution in [2.24, 2.45) is 0 Å². The number of halogens is 1. The predicted octanol–water partition coefficient (Wildman–Crippen LogP) is 5.28. The van der Waals surface area contributed by atoms with Gasteiger partial charge in [0, 0.05) is 6.54 Å². The first-order chi connectivity index (χ1) is 14.7. The minimum absolute atomic E-state index is 0.0195. The highest BCUT2D eigenvalue weighted by Crippen LogP contribution is 2.44. The molecular weight excluding hydrogens is 377 g/mol. The third-order valence-electron chi connectivity index (χ3n) is 5.86. The van der Waals surface area contributed by atoms with Crippen LogP contribution in [-0.4, -0.2) is 5.91 Å². The molecule has 0 saturated heterocycles. The van der Waals surface area contributed by atoms with Crippen LogP contribution in [-0.2, 0) is 34.7 Å². The summed E-state index contributed by atoms with van der Waals surface area (Å²) in [6.45, 7) is 1.56. The van der Waals surface area contributed by atoms with Crippen LogP contribution in [0.15, 0.2) is 78.9 Å². The Hall–Kier alpha value is -2.98. The van der Waals surface area contributed by atoms with Crippen LogP contribution < -0.4 is 5.32 Å². The van der Waals surface area contributed by atoms with Crippen molar-refractivity contribution in [1.82, 2.24) is 5.32 Å². The quantitative estimate of drug-likeness (QED) is 0.556. The fraction of sp³-hybridized carbons (Fsp3) is 0.269. The number of hydrogen-bond acceptors (Lipinski definition) is 2. The zero-order chi connectivity index (χ0) is 20.8. The molecule has 0 aromatic heterocycles. The van der Waals surface area contributed by atoms with Crippen LogP contribution >= 0.6 is 0 Å². The number of carbonyl (C=O) groups is 1. The molecule has 3 nitrogen and oxygen atoms in total. The Balaban J connectivity index is 1.33. The van der Waals surface area contributed by atoms with E-state index in [1.54, 1.807) is 12.1 Å². The SMILES string of the molecule is O=C(NCc1cccc(COCc2ccccc2)c1)C1(c2ccc(F)cc2)CCC1. The minimum Gasteiger partial charge on any atom is -0.372 e. The Kier molecular flexibility index (Phi) is 6.24. The molecule has 4 rings (SSSR count). The van der Waals surface area contributed by atoms with Gasteiger partial charge in [-0.05, 0) is 47.2 Å². The topological polar surface area (TPSA) is 38.3 Å². The molecule has 30 heavy (non-hydrogen) atoms. The van der Waals surface area contributed by atoms with Crippen LogP contribution in [0.3, 0.4) is 0 Å². The Morgan fingerprint density at radius 3 is 2.23 bits per heavy atom. The third-order valence-corrected chi connectivity index (χ3v) is 5.86. The van der Waals surface area contributed by atoms with Gasteiger partial charge in [0.05, 0.1) is 18.6 Å². The lowest BCUT2D eigenvalue weighted by Crippen LogP contribution is -2.49. The third kappa shape index (κ3) is 4.60. The summed E-state index contributed by atoms with van der Waals surface area (Å²) in [6, 6.07) is 24.5. The fourth-order valence-corrected chi connectivity index (χ4v) is 3.99. The van der Waals surface area contributed by atoms with Gasteiger partial charge in [0.2, 0.25) is 5.91 Å². The molecule has 1 aliphatic rings. The summed E-state index contributed by atoms with van der Waals surface area (Å²) >= 11 is 0. The molecular formula is C26H26FNO2. The second kappa shape index (κ2) is 9.23. The van der Waals surface area contributed by atoms with E-state index < -0.39 is 5.41 Å². The van der Waals surface area contributed by atoms with Gasteiger partial charge in [0.15, 0.2) is 0 Å². The lowest BCUT2D eigenvalue weighted by Gasteiger charge is -2.40. The van der Waals surface area contributed by atoms with E-state index in [4.69, 9.17) is 4.74 Å². The van der Waals surface area contributed by atoms with Crippen molar-refractivity contribution >= 4 is 5.91 Å². The molecule has 154 valence electrons. The molecule has 0 heterocycles. The second-order valence-corrected chi connectivity index (χ2v) is 7.92. The van der Waals surface area contributed by atoms with Gasteiger partial charge >= 0.3 is 0 Å². The van der Waals surface area contributed by atoms with Gasteiger partial charge in [0.1, 0.15) is 5.82 Å². The number of rotatable bonds is 8. The van der Waals surface area contributed by atoms with E-state index in [2.05, 4.69) is 11.4 Å². The summed E-state index contributed by atoms with van der Waals surface area (Å²) in [5.41, 5.74) is 3.64. The van der Waals surface area contributed by atoms with Crippen molar-refractivity contribution < 1.29 is 13.9 Å². The highest BCUT2D eigenvalue weighted by Gasteiger charge is 2.45. The molecule has 3 aromatic rings. The number of ether oxygens (including phenoxy) is 1. The van der Waals surface area contributed by atoms with Gasteiger partial charge < -0.3 is 10.1 Å². The molecule has 0 atom stereocenters. The summed E-state index contributed by atoms with van der Waals surface area (Å²) in [4.78, 5) is 13.0. The van der Waals surface area contributed by atoms with E-state index in [0.717, 1.165) is 41.5 Å². The largest absolute Gasteiger partial charge is 0.372 e. The molecule has 1 N–H and O–H groups in total. The summed E-state index contributed by atoms with van der Waals surface area (Å²) in [5, 5.41) is 3.09. The van der Waals surface area contributed by atoms with Crippen molar-refractivity contribution in [3.8, 4) is 0 Å². The molecule has 0 aliphatic heterocycles. The molecule has 1 fully saturated rings. The van der Waals surface area contributed by atoms with Crippen molar-refractivity contribution in [3.05, 3.63) is 107 Å². The normalized spacial score (nSPS) is 14.7. The first-order valence-corrected chi connectivity index (χ1v) is 10.4. The molecule has 0 bridgehead atoms. The Morgan fingerprint density at radius 1 is 0.867 bits per heavy atom. The molecule has 1 amide bonds. The van der Waals surface area contributed by atoms with Crippen LogP contribution in [0.4, 0.5) is 4.39 Å². The Labute approximate surface area is 176 Å². The predicted molar refractivity (Wildman–Crippen MR) is 115 cm³/mol. The Morgan fingerprint density at radius 2 is 1.53 bits per heavy atom. The molecule has 1 saturated carbocycles. The molecule has 4 heteroatoms. The smallest absolute Gasteiger partial charge is 0.230 e. The van der Waals surface area contributed by atoms with Crippen molar-refractivity contribution in [2.45, 2.75) is 44.4 Å². The van der Waals surface area contributed by atoms with Crippen LogP contribution in [0.5, 0.6) is 0 Å². The van der Waals surface area contributed by atoms with Gasteiger partial charge in [0.25, 0.3) is 0 Å². The molecule has 0 unspecified atom stereocenters. The number of carbonyl (C=O) groups excluding carboxylic acids is 1. The van der Waals surface area contributed by atoms with E-state index in [1.807, 2.05) is 48.5 Å². The van der Waals surface area contributed by atoms with E-state index in [9.17, 15) is 9.18 Å². The van der Waals surface area contributed by atoms with Crippen molar-refractivity contribution in [3.63, 3.8) is 0 Å². The van der Waals surface area contributed by atoms with Crippen molar-refractivity contribution in [1.29, 1.82) is 0 Å². The first kappa shape index (κ1) is 20.3. The second-order valence-electron chi connectivity index (χ2n) is 7.92. The van der Waals surface area contributed by atoms with Crippen LogP contribution in [0, 0.1) is 5.82 Å². The van der Waals surface area contributed by atoms with Gasteiger partial charge in [-0.3, -0.25) is 4.79 Å². The average molecular weight is 403 g/mol. The first-order valence-electron chi connectivity index (χ1n) is 10.4. The molecule has 1 aliphatic carbocycles. The van der Waals surface area contributed by atoms with E-state index in [-0.39, 0.29) is 11.7 Å². The number of nitrogens with one attached hydrogen (secondary N) is 1. The summed E-state index contributed by atoms with van der Waals surface area (Å²) < 4.78 is 19.1.